The Labute approximate surface area is 21.8 Å². The Morgan fingerprint density at radius 3 is 1.50 bits per heavy atom. The summed E-state index contributed by atoms with van der Waals surface area (Å²) in [6.45, 7) is 0. The van der Waals surface area contributed by atoms with Crippen LogP contribution in [0.3, 0.4) is 0 Å². The second-order valence-electron chi connectivity index (χ2n) is 0.224. The average Bonchev–Trinajstić information content (AvgIpc) is 0.811. The van der Waals surface area contributed by atoms with Crippen molar-refractivity contribution in [1.29, 1.82) is 0 Å². The molecule has 4 heteroatoms. The molecular formula is NO3-. The lowest BCUT2D eigenvalue weighted by Gasteiger charge is -1.74. The lowest BCUT2D eigenvalue weighted by Crippen LogP contribution is -1.74. The zero-order valence-electron chi connectivity index (χ0n) is 1.67. The summed E-state index contributed by atoms with van der Waals surface area (Å²) in [6.07, 6.45) is 0. The van der Waals surface area contributed by atoms with Crippen LogP contribution < -0.4 is 0 Å². The van der Waals surface area contributed by atoms with Crippen LogP contribution in [-0.2, 0) is 0 Å². The third kappa shape index (κ3) is 0.0750. The third-order valence-corrected chi connectivity index (χ3v) is 0. The highest BCUT2D eigenvalue weighted by Gasteiger charge is 1.45. The maximum atomic E-state index is 8.25. The second kappa shape index (κ2) is 0.655. The fourth-order valence-electron chi connectivity index (χ4n) is 0. The molecule has 0 aliphatic rings. The first-order valence-corrected chi connectivity index (χ1v) is 0.548. The van der Waals surface area contributed by atoms with Crippen LogP contribution >= 0.6 is 0 Å². The van der Waals surface area contributed by atoms with Gasteiger partial charge in [0.15, 0.2) is 0 Å². The molecule has 4 nitrogen and oxygen atoms in total. The van der Waals surface area contributed by atoms with E-state index in [1.807, 2.05) is 0 Å². The van der Waals surface area contributed by atoms with E-state index in [2.05, 4.69) is 0 Å². The Kier molecular flexibility index (Phi) is 0.524. The normalized spacial score (nSPS) is 6.00. The first-order chi connectivity index (χ1) is 1.73. The van der Waals surface area contributed by atoms with Crippen molar-refractivity contribution >= 4 is 0 Å². The van der Waals surface area contributed by atoms with Gasteiger partial charge in [-0.2, -0.15) is 0 Å². The summed E-state index contributed by atoms with van der Waals surface area (Å²) >= 11 is 0. The molecule has 4 heavy (non-hydrogen) atoms. The van der Waals surface area contributed by atoms with Crippen LogP contribution in [-0.4, -0.2) is 5.09 Å². The molecule has 0 radical (unpaired) electrons. The van der Waals surface area contributed by atoms with Gasteiger partial charge >= 0.3 is 0 Å². The van der Waals surface area contributed by atoms with E-state index in [0.717, 1.165) is 0 Å². The van der Waals surface area contributed by atoms with E-state index in [1.54, 1.807) is 0 Å². The minimum atomic E-state index is -1.75. The molecule has 0 aliphatic carbocycles. The van der Waals surface area contributed by atoms with Gasteiger partial charge in [0.25, 0.3) is 0 Å². The number of hydrogen-bond acceptors (Lipinski definition) is 3. The first kappa shape index (κ1) is 3.20. The van der Waals surface area contributed by atoms with E-state index >= 15 is 0 Å². The van der Waals surface area contributed by atoms with Crippen molar-refractivity contribution in [2.45, 2.75) is 0 Å². The lowest BCUT2D eigenvalue weighted by atomic mass is 12.3. The van der Waals surface area contributed by atoms with Gasteiger partial charge in [0.1, 0.15) is 0 Å². The largest absolute Gasteiger partial charge is 0.356 e. The van der Waals surface area contributed by atoms with Crippen molar-refractivity contribution in [3.05, 3.63) is 15.3 Å². The average molecular weight is 61.0 g/mol. The fraction of sp³-hybridized carbons (Fsp3) is 0. The summed E-state index contributed by atoms with van der Waals surface area (Å²) in [7, 11) is 0. The molecule has 0 fully saturated rings. The van der Waals surface area contributed by atoms with Gasteiger partial charge in [-0.25, -0.2) is 0 Å². The SMILES string of the molecule is O=[13N+]([O-])[O-]. The first-order valence-electron chi connectivity index (χ1n) is 0.548. The maximum absolute atomic E-state index is 8.25. The van der Waals surface area contributed by atoms with Gasteiger partial charge in [-0.1, -0.05) is 0 Å². The molecule has 0 heterocycles. The second-order valence-corrected chi connectivity index (χ2v) is 0.224. The maximum Gasteiger partial charge on any atom is 0.0689 e. The van der Waals surface area contributed by atoms with Crippen molar-refractivity contribution < 1.29 is 5.09 Å². The lowest BCUT2D eigenvalue weighted by molar-refractivity contribution is -0.402. The van der Waals surface area contributed by atoms with E-state index in [-0.39, 0.29) is 0 Å². The quantitative estimate of drug-likeness (QED) is 0.287. The molecule has 0 N–H and O–H groups in total. The van der Waals surface area contributed by atoms with Gasteiger partial charge in [-0.15, -0.1) is 0 Å². The molecule has 0 rings (SSSR count). The highest BCUT2D eigenvalue weighted by molar-refractivity contribution is 4.03. The molecule has 0 spiro atoms. The molecule has 0 bridgehead atoms. The summed E-state index contributed by atoms with van der Waals surface area (Å²) < 4.78 is 0. The topological polar surface area (TPSA) is 66.2 Å². The number of nitrogens with zero attached hydrogens (tertiary/aromatic N) is 1. The van der Waals surface area contributed by atoms with Crippen molar-refractivity contribution in [2.24, 2.45) is 0 Å². The van der Waals surface area contributed by atoms with Crippen LogP contribution in [0.4, 0.5) is 0 Å². The predicted molar refractivity (Wildman–Crippen MR) is 10.4 cm³/mol. The molecule has 0 saturated carbocycles. The minimum absolute atomic E-state index is 1.75. The molecule has 0 amide bonds. The van der Waals surface area contributed by atoms with E-state index in [9.17, 15) is 0 Å². The van der Waals surface area contributed by atoms with Crippen LogP contribution in [0.1, 0.15) is 0 Å². The molecule has 0 saturated heterocycles. The van der Waals surface area contributed by atoms with Gasteiger partial charge < -0.3 is 15.3 Å². The van der Waals surface area contributed by atoms with E-state index in [4.69, 9.17) is 15.3 Å². The number of hydrogen-bond donors (Lipinski definition) is 0. The Bertz CT molecular complexity index is 26.3. The van der Waals surface area contributed by atoms with Gasteiger partial charge in [-0.05, 0) is 0 Å². The molecule has 0 aromatic rings. The molecule has 0 atom stereocenters. The number of rotatable bonds is 0. The van der Waals surface area contributed by atoms with Crippen LogP contribution in [0, 0.1) is 15.3 Å². The Morgan fingerprint density at radius 2 is 1.50 bits per heavy atom. The Balaban J connectivity index is 2.80. The molecule has 24 valence electrons. The molecule has 0 aromatic heterocycles. The smallest absolute Gasteiger partial charge is 0.0689 e. The van der Waals surface area contributed by atoms with Crippen LogP contribution in [0.2, 0.25) is 0 Å². The molecular weight excluding hydrogens is 61.0 g/mol. The summed E-state index contributed by atoms with van der Waals surface area (Å²) in [5.74, 6) is 0. The van der Waals surface area contributed by atoms with Gasteiger partial charge in [0.2, 0.25) is 0 Å². The highest BCUT2D eigenvalue weighted by Crippen LogP contribution is 1.44. The molecule has 0 unspecified atom stereocenters. The zero-order valence-corrected chi connectivity index (χ0v) is 1.67. The Morgan fingerprint density at radius 1 is 1.50 bits per heavy atom. The standard InChI is InChI=1S/NO3/c2-1(3)4/q-1/i1-1. The van der Waals surface area contributed by atoms with Crippen LogP contribution in [0.5, 0.6) is 0 Å². The van der Waals surface area contributed by atoms with Crippen molar-refractivity contribution in [1.82, 2.24) is 0 Å². The fourth-order valence-corrected chi connectivity index (χ4v) is 0. The zero-order chi connectivity index (χ0) is 3.58. The van der Waals surface area contributed by atoms with Gasteiger partial charge in [-0.3, -0.25) is 0 Å². The van der Waals surface area contributed by atoms with Crippen LogP contribution in [0.25, 0.3) is 0 Å². The monoisotopic (exact) mass is 61.0 g/mol. The van der Waals surface area contributed by atoms with Crippen molar-refractivity contribution in [3.63, 3.8) is 0 Å². The predicted octanol–water partition coefficient (Wildman–Crippen LogP) is -0.239. The van der Waals surface area contributed by atoms with Gasteiger partial charge in [0, 0.05) is 0 Å². The molecule has 0 aliphatic heterocycles. The molecule has 0 aromatic carbocycles. The third-order valence-electron chi connectivity index (χ3n) is 0. The van der Waals surface area contributed by atoms with Crippen LogP contribution in [0.15, 0.2) is 0 Å². The summed E-state index contributed by atoms with van der Waals surface area (Å²) in [6, 6.07) is 0. The van der Waals surface area contributed by atoms with Gasteiger partial charge in [0.05, 0.1) is 5.09 Å². The highest BCUT2D eigenvalue weighted by atomic mass is 16.7. The van der Waals surface area contributed by atoms with E-state index in [1.165, 1.54) is 0 Å². The summed E-state index contributed by atoms with van der Waals surface area (Å²) in [4.78, 5) is 8.25. The minimum Gasteiger partial charge on any atom is -0.356 e. The van der Waals surface area contributed by atoms with Crippen molar-refractivity contribution in [2.75, 3.05) is 0 Å². The Hall–Kier alpha value is -0.800. The summed E-state index contributed by atoms with van der Waals surface area (Å²) in [5, 5.41) is 14.8. The van der Waals surface area contributed by atoms with E-state index < -0.39 is 5.09 Å². The van der Waals surface area contributed by atoms with Crippen molar-refractivity contribution in [3.8, 4) is 0 Å². The van der Waals surface area contributed by atoms with E-state index in [0.29, 0.717) is 0 Å². The summed E-state index contributed by atoms with van der Waals surface area (Å²) in [5.41, 5.74) is 0.